The van der Waals surface area contributed by atoms with Crippen molar-refractivity contribution in [2.45, 2.75) is 19.0 Å². The molecule has 0 aliphatic heterocycles. The second-order valence-electron chi connectivity index (χ2n) is 6.67. The highest BCUT2D eigenvalue weighted by atomic mass is 31.1. The van der Waals surface area contributed by atoms with Crippen LogP contribution in [-0.4, -0.2) is 16.5 Å². The first-order valence-corrected chi connectivity index (χ1v) is 10.2. The summed E-state index contributed by atoms with van der Waals surface area (Å²) in [4.78, 5) is 21.8. The van der Waals surface area contributed by atoms with Crippen molar-refractivity contribution >= 4 is 25.3 Å². The molecule has 3 rings (SSSR count). The summed E-state index contributed by atoms with van der Waals surface area (Å²) in [7, 11) is -2.21. The standard InChI is InChI=1S/C22H21N2O3P/c1-15(28(26)27)13-16-7-9-18(10-8-16)22(25)24-21-14-19(11-12-20(21)23)17-5-3-2-4-6-17/h2-12,14-15H,13,23H2,1H3,(H-,24,25,26,27)/p+1. The van der Waals surface area contributed by atoms with E-state index in [1.165, 1.54) is 0 Å². The predicted octanol–water partition coefficient (Wildman–Crippen LogP) is 4.85. The lowest BCUT2D eigenvalue weighted by atomic mass is 10.0. The lowest BCUT2D eigenvalue weighted by Crippen LogP contribution is -2.13. The summed E-state index contributed by atoms with van der Waals surface area (Å²) in [5.74, 6) is -0.259. The number of nitrogens with two attached hydrogens (primary N) is 1. The number of benzene rings is 3. The zero-order valence-corrected chi connectivity index (χ0v) is 16.4. The molecule has 142 valence electrons. The van der Waals surface area contributed by atoms with Crippen LogP contribution in [0.3, 0.4) is 0 Å². The summed E-state index contributed by atoms with van der Waals surface area (Å²) in [6.45, 7) is 1.72. The van der Waals surface area contributed by atoms with E-state index in [0.29, 0.717) is 23.4 Å². The molecule has 0 fully saturated rings. The Morgan fingerprint density at radius 2 is 1.71 bits per heavy atom. The molecule has 0 saturated heterocycles. The second kappa shape index (κ2) is 8.79. The minimum Gasteiger partial charge on any atom is -0.397 e. The van der Waals surface area contributed by atoms with E-state index in [9.17, 15) is 9.36 Å². The molecule has 5 nitrogen and oxygen atoms in total. The van der Waals surface area contributed by atoms with E-state index in [1.54, 1.807) is 37.3 Å². The minimum atomic E-state index is -2.21. The highest BCUT2D eigenvalue weighted by Crippen LogP contribution is 2.28. The van der Waals surface area contributed by atoms with Gasteiger partial charge in [-0.25, -0.2) is 0 Å². The Balaban J connectivity index is 1.75. The maximum Gasteiger partial charge on any atom is 0.508 e. The quantitative estimate of drug-likeness (QED) is 0.412. The number of hydrogen-bond acceptors (Lipinski definition) is 3. The predicted molar refractivity (Wildman–Crippen MR) is 114 cm³/mol. The van der Waals surface area contributed by atoms with Gasteiger partial charge in [-0.15, -0.1) is 0 Å². The van der Waals surface area contributed by atoms with E-state index in [1.807, 2.05) is 42.5 Å². The number of carbonyl (C=O) groups excluding carboxylic acids is 1. The molecule has 1 amide bonds. The number of nitrogens with one attached hydrogen (secondary N) is 1. The van der Waals surface area contributed by atoms with Gasteiger partial charge in [0.15, 0.2) is 5.66 Å². The smallest absolute Gasteiger partial charge is 0.397 e. The molecule has 4 N–H and O–H groups in total. The zero-order valence-electron chi connectivity index (χ0n) is 15.5. The van der Waals surface area contributed by atoms with E-state index in [2.05, 4.69) is 5.32 Å². The average molecular weight is 393 g/mol. The van der Waals surface area contributed by atoms with Crippen molar-refractivity contribution in [1.82, 2.24) is 0 Å². The third-order valence-electron chi connectivity index (χ3n) is 4.53. The molecule has 0 bridgehead atoms. The molecule has 28 heavy (non-hydrogen) atoms. The Labute approximate surface area is 165 Å². The van der Waals surface area contributed by atoms with Gasteiger partial charge >= 0.3 is 8.03 Å². The zero-order chi connectivity index (χ0) is 20.1. The molecule has 0 heterocycles. The molecule has 0 aliphatic rings. The fraction of sp³-hybridized carbons (Fsp3) is 0.136. The first kappa shape index (κ1) is 19.7. The van der Waals surface area contributed by atoms with Crippen LogP contribution in [0.4, 0.5) is 11.4 Å². The van der Waals surface area contributed by atoms with E-state index in [4.69, 9.17) is 10.6 Å². The SMILES string of the molecule is CC(Cc1ccc(C(=O)Nc2cc(-c3ccccc3)ccc2N)cc1)[P+](=O)O. The normalized spacial score (nSPS) is 12.3. The van der Waals surface area contributed by atoms with Crippen LogP contribution in [0.5, 0.6) is 0 Å². The van der Waals surface area contributed by atoms with Gasteiger partial charge in [0.25, 0.3) is 5.91 Å². The topological polar surface area (TPSA) is 92.4 Å². The van der Waals surface area contributed by atoms with Crippen LogP contribution in [0.1, 0.15) is 22.8 Å². The van der Waals surface area contributed by atoms with Gasteiger partial charge in [0, 0.05) is 12.0 Å². The molecule has 0 spiro atoms. The number of hydrogen-bond donors (Lipinski definition) is 3. The molecule has 0 aromatic heterocycles. The Kier molecular flexibility index (Phi) is 6.19. The Morgan fingerprint density at radius 1 is 1.04 bits per heavy atom. The van der Waals surface area contributed by atoms with E-state index in [0.717, 1.165) is 16.7 Å². The lowest BCUT2D eigenvalue weighted by Gasteiger charge is -2.11. The van der Waals surface area contributed by atoms with Crippen LogP contribution < -0.4 is 11.1 Å². The number of amides is 1. The van der Waals surface area contributed by atoms with Crippen molar-refractivity contribution in [3.05, 3.63) is 83.9 Å². The maximum absolute atomic E-state index is 12.6. The van der Waals surface area contributed by atoms with Crippen LogP contribution >= 0.6 is 8.03 Å². The monoisotopic (exact) mass is 393 g/mol. The van der Waals surface area contributed by atoms with E-state index < -0.39 is 8.03 Å². The van der Waals surface area contributed by atoms with Gasteiger partial charge in [-0.05, 0) is 52.4 Å². The Hall–Kier alpha value is -3.01. The Morgan fingerprint density at radius 3 is 2.36 bits per heavy atom. The molecule has 0 aliphatic carbocycles. The third-order valence-corrected chi connectivity index (χ3v) is 5.47. The van der Waals surface area contributed by atoms with Crippen LogP contribution in [-0.2, 0) is 11.0 Å². The summed E-state index contributed by atoms with van der Waals surface area (Å²) in [6.07, 6.45) is 0.486. The fourth-order valence-electron chi connectivity index (χ4n) is 2.88. The molecule has 3 aromatic rings. The molecule has 3 aromatic carbocycles. The molecule has 0 saturated carbocycles. The first-order valence-electron chi connectivity index (χ1n) is 8.94. The molecule has 0 radical (unpaired) electrons. The van der Waals surface area contributed by atoms with Crippen molar-refractivity contribution in [2.24, 2.45) is 0 Å². The van der Waals surface area contributed by atoms with Crippen LogP contribution in [0.25, 0.3) is 11.1 Å². The van der Waals surface area contributed by atoms with Gasteiger partial charge in [-0.1, -0.05) is 48.5 Å². The summed E-state index contributed by atoms with van der Waals surface area (Å²) < 4.78 is 11.1. The van der Waals surface area contributed by atoms with Crippen molar-refractivity contribution < 1.29 is 14.3 Å². The van der Waals surface area contributed by atoms with E-state index in [-0.39, 0.29) is 11.6 Å². The van der Waals surface area contributed by atoms with Crippen molar-refractivity contribution in [3.8, 4) is 11.1 Å². The number of carbonyl (C=O) groups is 1. The van der Waals surface area contributed by atoms with Crippen molar-refractivity contribution in [2.75, 3.05) is 11.1 Å². The van der Waals surface area contributed by atoms with Crippen LogP contribution in [0.15, 0.2) is 72.8 Å². The van der Waals surface area contributed by atoms with Crippen molar-refractivity contribution in [3.63, 3.8) is 0 Å². The highest BCUT2D eigenvalue weighted by Gasteiger charge is 2.23. The van der Waals surface area contributed by atoms with Gasteiger partial charge < -0.3 is 11.1 Å². The van der Waals surface area contributed by atoms with Crippen LogP contribution in [0, 0.1) is 0 Å². The van der Waals surface area contributed by atoms with Crippen LogP contribution in [0.2, 0.25) is 0 Å². The lowest BCUT2D eigenvalue weighted by molar-refractivity contribution is 0.102. The van der Waals surface area contributed by atoms with E-state index >= 15 is 0 Å². The highest BCUT2D eigenvalue weighted by molar-refractivity contribution is 7.38. The largest absolute Gasteiger partial charge is 0.508 e. The first-order chi connectivity index (χ1) is 13.4. The fourth-order valence-corrected chi connectivity index (χ4v) is 3.25. The average Bonchev–Trinajstić information content (AvgIpc) is 2.70. The maximum atomic E-state index is 12.6. The second-order valence-corrected chi connectivity index (χ2v) is 8.16. The summed E-state index contributed by atoms with van der Waals surface area (Å²) in [5.41, 5.74) is 10.2. The Bertz CT molecular complexity index is 988. The molecule has 2 atom stereocenters. The molecule has 2 unspecified atom stereocenters. The van der Waals surface area contributed by atoms with Gasteiger partial charge in [-0.3, -0.25) is 4.79 Å². The minimum absolute atomic E-state index is 0.259. The number of nitrogen functional groups attached to an aromatic ring is 1. The summed E-state index contributed by atoms with van der Waals surface area (Å²) in [6, 6.07) is 22.4. The van der Waals surface area contributed by atoms with Gasteiger partial charge in [0.2, 0.25) is 0 Å². The molecule has 6 heteroatoms. The number of rotatable bonds is 6. The summed E-state index contributed by atoms with van der Waals surface area (Å²) >= 11 is 0. The van der Waals surface area contributed by atoms with Crippen molar-refractivity contribution in [1.29, 1.82) is 0 Å². The van der Waals surface area contributed by atoms with Gasteiger partial charge in [0.05, 0.1) is 11.4 Å². The molecular formula is C22H22N2O3P+. The van der Waals surface area contributed by atoms with Gasteiger partial charge in [-0.2, -0.15) is 4.89 Å². The van der Waals surface area contributed by atoms with Gasteiger partial charge in [0.1, 0.15) is 0 Å². The third kappa shape index (κ3) is 4.83. The number of anilines is 2. The summed E-state index contributed by atoms with van der Waals surface area (Å²) in [5, 5.41) is 2.86. The molecular weight excluding hydrogens is 371 g/mol.